The van der Waals surface area contributed by atoms with E-state index in [4.69, 9.17) is 4.98 Å². The first-order valence-corrected chi connectivity index (χ1v) is 11.8. The highest BCUT2D eigenvalue weighted by atomic mass is 16.3. The Kier molecular flexibility index (Phi) is 6.51. The summed E-state index contributed by atoms with van der Waals surface area (Å²) in [5.74, 6) is 0.595. The van der Waals surface area contributed by atoms with Gasteiger partial charge in [0, 0.05) is 55.4 Å². The molecule has 2 aliphatic rings. The third kappa shape index (κ3) is 4.78. The number of aliphatic hydroxyl groups is 2. The average molecular weight is 462 g/mol. The van der Waals surface area contributed by atoms with Crippen LogP contribution in [0.15, 0.2) is 42.9 Å². The molecule has 0 radical (unpaired) electrons. The second-order valence-electron chi connectivity index (χ2n) is 9.26. The number of nitrogens with one attached hydrogen (secondary N) is 1. The van der Waals surface area contributed by atoms with E-state index in [0.29, 0.717) is 17.7 Å². The molecule has 2 aliphatic heterocycles. The maximum Gasteiger partial charge on any atom is 0.227 e. The van der Waals surface area contributed by atoms with Gasteiger partial charge in [-0.3, -0.25) is 19.8 Å². The molecular formula is C25H31N7O2. The number of aliphatic hydroxyl groups excluding tert-OH is 2. The maximum atomic E-state index is 11.0. The summed E-state index contributed by atoms with van der Waals surface area (Å²) in [6, 6.07) is 8.18. The summed E-state index contributed by atoms with van der Waals surface area (Å²) in [5.41, 5.74) is 5.44. The number of rotatable bonds is 6. The SMILES string of the molecule is Cc1ccc(Nc2ncc3c(n2)CN([C@@H]2CCN(C(O)c4ccnc(CO)c4)[C@H](C)C2)C3)cn1. The van der Waals surface area contributed by atoms with Crippen LogP contribution in [-0.4, -0.2) is 58.6 Å². The predicted molar refractivity (Wildman–Crippen MR) is 128 cm³/mol. The zero-order valence-corrected chi connectivity index (χ0v) is 19.6. The van der Waals surface area contributed by atoms with Crippen molar-refractivity contribution in [1.29, 1.82) is 0 Å². The zero-order chi connectivity index (χ0) is 23.7. The van der Waals surface area contributed by atoms with Gasteiger partial charge in [-0.25, -0.2) is 9.97 Å². The van der Waals surface area contributed by atoms with Gasteiger partial charge in [0.05, 0.1) is 29.9 Å². The number of hydrogen-bond donors (Lipinski definition) is 3. The van der Waals surface area contributed by atoms with E-state index >= 15 is 0 Å². The number of piperidine rings is 1. The minimum atomic E-state index is -0.698. The highest BCUT2D eigenvalue weighted by Crippen LogP contribution is 2.33. The van der Waals surface area contributed by atoms with Gasteiger partial charge in [-0.15, -0.1) is 0 Å². The van der Waals surface area contributed by atoms with E-state index in [9.17, 15) is 10.2 Å². The summed E-state index contributed by atoms with van der Waals surface area (Å²) >= 11 is 0. The van der Waals surface area contributed by atoms with Crippen molar-refractivity contribution in [2.45, 2.75) is 64.7 Å². The fourth-order valence-corrected chi connectivity index (χ4v) is 4.96. The predicted octanol–water partition coefficient (Wildman–Crippen LogP) is 2.67. The van der Waals surface area contributed by atoms with E-state index < -0.39 is 6.23 Å². The lowest BCUT2D eigenvalue weighted by molar-refractivity contribution is -0.0560. The van der Waals surface area contributed by atoms with Crippen molar-refractivity contribution in [2.24, 2.45) is 0 Å². The molecule has 1 unspecified atom stereocenters. The summed E-state index contributed by atoms with van der Waals surface area (Å²) in [5, 5.41) is 23.6. The Morgan fingerprint density at radius 3 is 2.79 bits per heavy atom. The summed E-state index contributed by atoms with van der Waals surface area (Å²) in [6.45, 7) is 6.46. The van der Waals surface area contributed by atoms with Crippen molar-refractivity contribution in [3.05, 3.63) is 71.1 Å². The van der Waals surface area contributed by atoms with E-state index in [2.05, 4.69) is 37.0 Å². The fraction of sp³-hybridized carbons (Fsp3) is 0.440. The van der Waals surface area contributed by atoms with Gasteiger partial charge in [-0.2, -0.15) is 0 Å². The maximum absolute atomic E-state index is 11.0. The van der Waals surface area contributed by atoms with Gasteiger partial charge in [0.15, 0.2) is 0 Å². The highest BCUT2D eigenvalue weighted by molar-refractivity contribution is 5.52. The molecule has 1 fully saturated rings. The van der Waals surface area contributed by atoms with Crippen LogP contribution in [0.1, 0.15) is 54.2 Å². The van der Waals surface area contributed by atoms with Crippen LogP contribution in [0.25, 0.3) is 0 Å². The summed E-state index contributed by atoms with van der Waals surface area (Å²) in [4.78, 5) is 22.3. The Morgan fingerprint density at radius 2 is 2.03 bits per heavy atom. The first-order chi connectivity index (χ1) is 16.5. The monoisotopic (exact) mass is 461 g/mol. The van der Waals surface area contributed by atoms with Crippen LogP contribution in [-0.2, 0) is 19.7 Å². The molecular weight excluding hydrogens is 430 g/mol. The molecule has 3 aromatic heterocycles. The van der Waals surface area contributed by atoms with Gasteiger partial charge in [-0.05, 0) is 56.5 Å². The number of aryl methyl sites for hydroxylation is 1. The molecule has 0 aliphatic carbocycles. The van der Waals surface area contributed by atoms with Crippen LogP contribution in [0.4, 0.5) is 11.6 Å². The van der Waals surface area contributed by atoms with Crippen LogP contribution < -0.4 is 5.32 Å². The standard InChI is InChI=1S/C25H31N7O2/c1-16-3-4-20(12-27-16)29-25-28-11-19-13-31(14-23(19)30-25)22-6-8-32(17(2)9-22)24(34)18-5-7-26-21(10-18)15-33/h3-5,7,10-12,17,22,24,33-34H,6,8-9,13-15H2,1-2H3,(H,28,29,30)/t17-,22-,24?/m1/s1. The van der Waals surface area contributed by atoms with Crippen molar-refractivity contribution in [2.75, 3.05) is 11.9 Å². The second-order valence-corrected chi connectivity index (χ2v) is 9.26. The smallest absolute Gasteiger partial charge is 0.227 e. The topological polar surface area (TPSA) is 111 Å². The van der Waals surface area contributed by atoms with Gasteiger partial charge in [0.25, 0.3) is 0 Å². The van der Waals surface area contributed by atoms with Gasteiger partial charge < -0.3 is 15.5 Å². The van der Waals surface area contributed by atoms with E-state index in [1.165, 1.54) is 5.56 Å². The average Bonchev–Trinajstić information content (AvgIpc) is 3.28. The van der Waals surface area contributed by atoms with Gasteiger partial charge >= 0.3 is 0 Å². The lowest BCUT2D eigenvalue weighted by atomic mass is 9.95. The number of aromatic nitrogens is 4. The van der Waals surface area contributed by atoms with Crippen LogP contribution in [0.5, 0.6) is 0 Å². The number of likely N-dealkylation sites (tertiary alicyclic amines) is 1. The van der Waals surface area contributed by atoms with Crippen molar-refractivity contribution in [3.8, 4) is 0 Å². The molecule has 0 bridgehead atoms. The molecule has 34 heavy (non-hydrogen) atoms. The molecule has 0 spiro atoms. The minimum Gasteiger partial charge on any atom is -0.390 e. The molecule has 9 heteroatoms. The Hall–Kier alpha value is -2.98. The number of anilines is 2. The molecule has 3 aromatic rings. The molecule has 9 nitrogen and oxygen atoms in total. The Balaban J connectivity index is 1.21. The molecule has 5 heterocycles. The molecule has 0 amide bonds. The molecule has 3 N–H and O–H groups in total. The number of pyridine rings is 2. The first kappa shape index (κ1) is 22.8. The van der Waals surface area contributed by atoms with Crippen molar-refractivity contribution < 1.29 is 10.2 Å². The van der Waals surface area contributed by atoms with Gasteiger partial charge in [0.2, 0.25) is 5.95 Å². The third-order valence-electron chi connectivity index (χ3n) is 6.88. The Labute approximate surface area is 199 Å². The second kappa shape index (κ2) is 9.71. The van der Waals surface area contributed by atoms with Crippen LogP contribution in [0, 0.1) is 6.92 Å². The Bertz CT molecular complexity index is 1140. The van der Waals surface area contributed by atoms with Gasteiger partial charge in [0.1, 0.15) is 6.23 Å². The Morgan fingerprint density at radius 1 is 1.15 bits per heavy atom. The molecule has 0 aromatic carbocycles. The highest BCUT2D eigenvalue weighted by Gasteiger charge is 2.35. The molecule has 3 atom stereocenters. The summed E-state index contributed by atoms with van der Waals surface area (Å²) in [6.07, 6.45) is 6.60. The molecule has 1 saturated heterocycles. The third-order valence-corrected chi connectivity index (χ3v) is 6.88. The van der Waals surface area contributed by atoms with E-state index in [-0.39, 0.29) is 12.6 Å². The van der Waals surface area contributed by atoms with Crippen molar-refractivity contribution in [3.63, 3.8) is 0 Å². The largest absolute Gasteiger partial charge is 0.390 e. The summed E-state index contributed by atoms with van der Waals surface area (Å²) in [7, 11) is 0. The summed E-state index contributed by atoms with van der Waals surface area (Å²) < 4.78 is 0. The van der Waals surface area contributed by atoms with Crippen molar-refractivity contribution in [1.82, 2.24) is 29.7 Å². The zero-order valence-electron chi connectivity index (χ0n) is 19.6. The van der Waals surface area contributed by atoms with E-state index in [1.807, 2.05) is 31.3 Å². The quantitative estimate of drug-likeness (QED) is 0.510. The van der Waals surface area contributed by atoms with E-state index in [1.54, 1.807) is 18.5 Å². The van der Waals surface area contributed by atoms with Crippen LogP contribution >= 0.6 is 0 Å². The first-order valence-electron chi connectivity index (χ1n) is 11.8. The van der Waals surface area contributed by atoms with Gasteiger partial charge in [-0.1, -0.05) is 0 Å². The lowest BCUT2D eigenvalue weighted by Crippen LogP contribution is -2.48. The fourth-order valence-electron chi connectivity index (χ4n) is 4.96. The van der Waals surface area contributed by atoms with Crippen LogP contribution in [0.3, 0.4) is 0 Å². The van der Waals surface area contributed by atoms with Crippen LogP contribution in [0.2, 0.25) is 0 Å². The number of hydrogen-bond acceptors (Lipinski definition) is 9. The van der Waals surface area contributed by atoms with Crippen molar-refractivity contribution >= 4 is 11.6 Å². The number of nitrogens with zero attached hydrogens (tertiary/aromatic N) is 6. The molecule has 178 valence electrons. The lowest BCUT2D eigenvalue weighted by Gasteiger charge is -2.43. The normalized spacial score (nSPS) is 21.9. The minimum absolute atomic E-state index is 0.129. The molecule has 0 saturated carbocycles. The number of fused-ring (bicyclic) bond motifs is 1. The van der Waals surface area contributed by atoms with E-state index in [0.717, 1.165) is 55.1 Å². The molecule has 5 rings (SSSR count).